The van der Waals surface area contributed by atoms with Crippen LogP contribution in [0.3, 0.4) is 0 Å². The second kappa shape index (κ2) is 6.55. The highest BCUT2D eigenvalue weighted by molar-refractivity contribution is 5.81. The van der Waals surface area contributed by atoms with Crippen LogP contribution < -0.4 is 0 Å². The van der Waals surface area contributed by atoms with Crippen molar-refractivity contribution in [1.82, 2.24) is 0 Å². The van der Waals surface area contributed by atoms with E-state index in [1.807, 2.05) is 20.8 Å². The minimum Gasteiger partial charge on any atom is -0.481 e. The molecule has 0 aromatic heterocycles. The van der Waals surface area contributed by atoms with Gasteiger partial charge in [0.2, 0.25) is 0 Å². The number of hydrogen-bond donors (Lipinski definition) is 0. The standard InChI is InChI=1S/C16H21NO3/c1-4-19-15-8-13-7-12(9-16(18)20-5-2)11(3)6-14(13)10-17-15/h6-7H,4-5,8-10H2,1-3H3. The minimum atomic E-state index is -0.176. The van der Waals surface area contributed by atoms with Gasteiger partial charge in [0.05, 0.1) is 26.2 Å². The fourth-order valence-electron chi connectivity index (χ4n) is 2.39. The van der Waals surface area contributed by atoms with Gasteiger partial charge in [0.25, 0.3) is 0 Å². The minimum absolute atomic E-state index is 0.176. The lowest BCUT2D eigenvalue weighted by molar-refractivity contribution is -0.142. The van der Waals surface area contributed by atoms with Crippen LogP contribution >= 0.6 is 0 Å². The Balaban J connectivity index is 2.18. The monoisotopic (exact) mass is 275 g/mol. The molecular weight excluding hydrogens is 254 g/mol. The first-order valence-corrected chi connectivity index (χ1v) is 7.07. The number of ether oxygens (including phenoxy) is 2. The lowest BCUT2D eigenvalue weighted by Gasteiger charge is -2.18. The van der Waals surface area contributed by atoms with Crippen molar-refractivity contribution in [2.24, 2.45) is 4.99 Å². The Morgan fingerprint density at radius 1 is 1.25 bits per heavy atom. The molecule has 4 nitrogen and oxygen atoms in total. The number of aryl methyl sites for hydroxylation is 1. The van der Waals surface area contributed by atoms with Crippen LogP contribution in [0.25, 0.3) is 0 Å². The molecule has 1 heterocycles. The van der Waals surface area contributed by atoms with Gasteiger partial charge in [-0.05, 0) is 43.0 Å². The summed E-state index contributed by atoms with van der Waals surface area (Å²) in [7, 11) is 0. The molecule has 0 spiro atoms. The van der Waals surface area contributed by atoms with Crippen molar-refractivity contribution in [3.8, 4) is 0 Å². The van der Waals surface area contributed by atoms with Crippen LogP contribution in [0.5, 0.6) is 0 Å². The van der Waals surface area contributed by atoms with Crippen LogP contribution in [0.15, 0.2) is 17.1 Å². The van der Waals surface area contributed by atoms with Crippen molar-refractivity contribution >= 4 is 11.9 Å². The Labute approximate surface area is 119 Å². The number of fused-ring (bicyclic) bond motifs is 1. The highest BCUT2D eigenvalue weighted by atomic mass is 16.5. The van der Waals surface area contributed by atoms with Crippen LogP contribution in [0.1, 0.15) is 36.1 Å². The number of nitrogens with zero attached hydrogens (tertiary/aromatic N) is 1. The van der Waals surface area contributed by atoms with Crippen LogP contribution in [-0.4, -0.2) is 25.1 Å². The van der Waals surface area contributed by atoms with E-state index in [-0.39, 0.29) is 5.97 Å². The zero-order chi connectivity index (χ0) is 14.5. The van der Waals surface area contributed by atoms with Gasteiger partial charge in [-0.1, -0.05) is 12.1 Å². The number of rotatable bonds is 4. The van der Waals surface area contributed by atoms with Crippen molar-refractivity contribution in [3.63, 3.8) is 0 Å². The van der Waals surface area contributed by atoms with E-state index in [0.29, 0.717) is 32.6 Å². The molecule has 2 rings (SSSR count). The van der Waals surface area contributed by atoms with Crippen LogP contribution in [0.4, 0.5) is 0 Å². The molecule has 0 aliphatic carbocycles. The summed E-state index contributed by atoms with van der Waals surface area (Å²) < 4.78 is 10.5. The van der Waals surface area contributed by atoms with E-state index >= 15 is 0 Å². The number of aliphatic imine (C=N–C) groups is 1. The smallest absolute Gasteiger partial charge is 0.310 e. The molecule has 0 radical (unpaired) electrons. The maximum Gasteiger partial charge on any atom is 0.310 e. The van der Waals surface area contributed by atoms with Crippen molar-refractivity contribution in [1.29, 1.82) is 0 Å². The fraction of sp³-hybridized carbons (Fsp3) is 0.500. The summed E-state index contributed by atoms with van der Waals surface area (Å²) in [5.41, 5.74) is 4.57. The van der Waals surface area contributed by atoms with Crippen molar-refractivity contribution < 1.29 is 14.3 Å². The van der Waals surface area contributed by atoms with E-state index in [2.05, 4.69) is 17.1 Å². The fourth-order valence-corrected chi connectivity index (χ4v) is 2.39. The van der Waals surface area contributed by atoms with Crippen LogP contribution in [0.2, 0.25) is 0 Å². The van der Waals surface area contributed by atoms with E-state index in [1.165, 1.54) is 11.1 Å². The molecule has 108 valence electrons. The molecule has 0 saturated carbocycles. The lowest BCUT2D eigenvalue weighted by atomic mass is 9.94. The third-order valence-electron chi connectivity index (χ3n) is 3.38. The maximum atomic E-state index is 11.6. The van der Waals surface area contributed by atoms with Gasteiger partial charge in [0.1, 0.15) is 0 Å². The summed E-state index contributed by atoms with van der Waals surface area (Å²) in [5, 5.41) is 0. The second-order valence-electron chi connectivity index (χ2n) is 4.85. The van der Waals surface area contributed by atoms with Gasteiger partial charge >= 0.3 is 5.97 Å². The van der Waals surface area contributed by atoms with E-state index < -0.39 is 0 Å². The third kappa shape index (κ3) is 3.38. The quantitative estimate of drug-likeness (QED) is 0.794. The van der Waals surface area contributed by atoms with Gasteiger partial charge < -0.3 is 9.47 Å². The van der Waals surface area contributed by atoms with Gasteiger partial charge in [-0.25, -0.2) is 0 Å². The van der Waals surface area contributed by atoms with Gasteiger partial charge in [0, 0.05) is 6.42 Å². The first kappa shape index (κ1) is 14.6. The first-order chi connectivity index (χ1) is 9.63. The first-order valence-electron chi connectivity index (χ1n) is 7.07. The normalized spacial score (nSPS) is 13.4. The molecule has 0 atom stereocenters. The molecule has 0 bridgehead atoms. The Bertz CT molecular complexity index is 534. The van der Waals surface area contributed by atoms with E-state index in [4.69, 9.17) is 9.47 Å². The second-order valence-corrected chi connectivity index (χ2v) is 4.85. The largest absolute Gasteiger partial charge is 0.481 e. The Kier molecular flexibility index (Phi) is 4.77. The Morgan fingerprint density at radius 3 is 2.75 bits per heavy atom. The third-order valence-corrected chi connectivity index (χ3v) is 3.38. The SMILES string of the molecule is CCOC(=O)Cc1cc2c(cc1C)CN=C(OCC)C2. The predicted octanol–water partition coefficient (Wildman–Crippen LogP) is 2.59. The van der Waals surface area contributed by atoms with Crippen molar-refractivity contribution in [3.05, 3.63) is 34.4 Å². The van der Waals surface area contributed by atoms with Crippen molar-refractivity contribution in [2.75, 3.05) is 13.2 Å². The maximum absolute atomic E-state index is 11.6. The molecule has 1 aliphatic rings. The summed E-state index contributed by atoms with van der Waals surface area (Å²) in [6.07, 6.45) is 1.04. The molecule has 0 saturated heterocycles. The van der Waals surface area contributed by atoms with E-state index in [0.717, 1.165) is 17.0 Å². The Morgan fingerprint density at radius 2 is 2.05 bits per heavy atom. The van der Waals surface area contributed by atoms with E-state index in [9.17, 15) is 4.79 Å². The molecular formula is C16H21NO3. The summed E-state index contributed by atoms with van der Waals surface area (Å²) in [6.45, 7) is 7.52. The summed E-state index contributed by atoms with van der Waals surface area (Å²) >= 11 is 0. The summed E-state index contributed by atoms with van der Waals surface area (Å²) in [6, 6.07) is 4.21. The molecule has 0 fully saturated rings. The summed E-state index contributed by atoms with van der Waals surface area (Å²) in [5.74, 6) is 0.607. The molecule has 0 unspecified atom stereocenters. The average Bonchev–Trinajstić information content (AvgIpc) is 2.40. The molecule has 4 heteroatoms. The molecule has 1 aromatic rings. The number of carbonyl (C=O) groups is 1. The van der Waals surface area contributed by atoms with Gasteiger partial charge in [-0.15, -0.1) is 0 Å². The van der Waals surface area contributed by atoms with Crippen LogP contribution in [0, 0.1) is 6.92 Å². The van der Waals surface area contributed by atoms with Gasteiger partial charge in [0.15, 0.2) is 5.90 Å². The Hall–Kier alpha value is -1.84. The molecule has 1 aliphatic heterocycles. The highest BCUT2D eigenvalue weighted by Gasteiger charge is 2.16. The molecule has 0 amide bonds. The van der Waals surface area contributed by atoms with Crippen LogP contribution in [-0.2, 0) is 33.7 Å². The topological polar surface area (TPSA) is 47.9 Å². The molecule has 1 aromatic carbocycles. The molecule has 20 heavy (non-hydrogen) atoms. The lowest BCUT2D eigenvalue weighted by Crippen LogP contribution is -2.16. The predicted molar refractivity (Wildman–Crippen MR) is 78.0 cm³/mol. The number of carbonyl (C=O) groups excluding carboxylic acids is 1. The highest BCUT2D eigenvalue weighted by Crippen LogP contribution is 2.22. The van der Waals surface area contributed by atoms with Gasteiger partial charge in [-0.2, -0.15) is 0 Å². The van der Waals surface area contributed by atoms with Gasteiger partial charge in [-0.3, -0.25) is 9.79 Å². The zero-order valence-electron chi connectivity index (χ0n) is 12.4. The average molecular weight is 275 g/mol. The van der Waals surface area contributed by atoms with Crippen molar-refractivity contribution in [2.45, 2.75) is 40.2 Å². The zero-order valence-corrected chi connectivity index (χ0v) is 12.4. The van der Waals surface area contributed by atoms with E-state index in [1.54, 1.807) is 0 Å². The number of hydrogen-bond acceptors (Lipinski definition) is 4. The molecule has 0 N–H and O–H groups in total. The summed E-state index contributed by atoms with van der Waals surface area (Å²) in [4.78, 5) is 16.1. The number of esters is 1. The number of benzene rings is 1.